The Hall–Kier alpha value is 0.708. The first-order valence-electron chi connectivity index (χ1n) is 14.4. The van der Waals surface area contributed by atoms with Crippen LogP contribution in [-0.2, 0) is 16.5 Å². The van der Waals surface area contributed by atoms with E-state index in [0.717, 1.165) is 0 Å². The van der Waals surface area contributed by atoms with E-state index in [4.69, 9.17) is 16.5 Å². The van der Waals surface area contributed by atoms with Crippen LogP contribution >= 0.6 is 0 Å². The summed E-state index contributed by atoms with van der Waals surface area (Å²) >= 11 is 0. The standard InChI is InChI=1S/C28H64O4Si4/c1-21(2)33(22(3)4)29-35(25(9,10)11,26(12,13)14)31-34(23(5)6,24(7)8)32-36(30-33,27(15,16)17)28(18,19)20/h21-24H,1-20H3. The summed E-state index contributed by atoms with van der Waals surface area (Å²) in [7, 11) is -11.7. The predicted octanol–water partition coefficient (Wildman–Crippen LogP) is 10.7. The van der Waals surface area contributed by atoms with Crippen LogP contribution in [0.3, 0.4) is 0 Å². The first-order chi connectivity index (χ1) is 15.6. The number of hydrogen-bond donors (Lipinski definition) is 0. The normalized spacial score (nSPS) is 23.3. The molecule has 0 saturated carbocycles. The highest BCUT2D eigenvalue weighted by molar-refractivity contribution is 6.98. The summed E-state index contributed by atoms with van der Waals surface area (Å²) in [4.78, 5) is 0. The van der Waals surface area contributed by atoms with Crippen LogP contribution in [0.5, 0.6) is 0 Å². The van der Waals surface area contributed by atoms with E-state index >= 15 is 0 Å². The Bertz CT molecular complexity index is 621. The molecule has 1 aliphatic heterocycles. The largest absolute Gasteiger partial charge is 0.414 e. The minimum absolute atomic E-state index is 0.160. The Kier molecular flexibility index (Phi) is 9.91. The second-order valence-corrected chi connectivity index (χ2v) is 35.9. The fraction of sp³-hybridized carbons (Fsp3) is 1.00. The van der Waals surface area contributed by atoms with Gasteiger partial charge in [-0.2, -0.15) is 0 Å². The van der Waals surface area contributed by atoms with Gasteiger partial charge in [-0.15, -0.1) is 0 Å². The van der Waals surface area contributed by atoms with Gasteiger partial charge in [0.25, 0.3) is 0 Å². The lowest BCUT2D eigenvalue weighted by molar-refractivity contribution is 0.143. The van der Waals surface area contributed by atoms with E-state index in [1.807, 2.05) is 0 Å². The van der Waals surface area contributed by atoms with E-state index in [2.05, 4.69) is 138 Å². The third kappa shape index (κ3) is 5.50. The second-order valence-electron chi connectivity index (χ2n) is 16.7. The molecule has 1 heterocycles. The third-order valence-corrected chi connectivity index (χ3v) is 32.4. The summed E-state index contributed by atoms with van der Waals surface area (Å²) in [5, 5.41) is -0.639. The van der Waals surface area contributed by atoms with Gasteiger partial charge in [0.15, 0.2) is 0 Å². The summed E-state index contributed by atoms with van der Waals surface area (Å²) in [6.07, 6.45) is 0. The van der Waals surface area contributed by atoms with Crippen LogP contribution in [0, 0.1) is 0 Å². The van der Waals surface area contributed by atoms with Gasteiger partial charge in [0.2, 0.25) is 0 Å². The van der Waals surface area contributed by atoms with Crippen LogP contribution < -0.4 is 0 Å². The van der Waals surface area contributed by atoms with Crippen LogP contribution in [0.4, 0.5) is 0 Å². The lowest BCUT2D eigenvalue weighted by Gasteiger charge is -2.66. The van der Waals surface area contributed by atoms with Gasteiger partial charge in [0.05, 0.1) is 0 Å². The molecule has 0 unspecified atom stereocenters. The van der Waals surface area contributed by atoms with Gasteiger partial charge >= 0.3 is 34.2 Å². The lowest BCUT2D eigenvalue weighted by Crippen LogP contribution is -2.79. The monoisotopic (exact) mass is 576 g/mol. The van der Waals surface area contributed by atoms with Gasteiger partial charge in [-0.1, -0.05) is 138 Å². The van der Waals surface area contributed by atoms with Crippen LogP contribution in [-0.4, -0.2) is 34.2 Å². The summed E-state index contributed by atoms with van der Waals surface area (Å²) in [5.74, 6) is 0. The zero-order valence-electron chi connectivity index (χ0n) is 27.9. The van der Waals surface area contributed by atoms with Gasteiger partial charge < -0.3 is 16.5 Å². The van der Waals surface area contributed by atoms with Gasteiger partial charge in [-0.05, 0) is 22.2 Å². The Morgan fingerprint density at radius 3 is 0.556 bits per heavy atom. The van der Waals surface area contributed by atoms with Crippen molar-refractivity contribution in [3.8, 4) is 0 Å². The van der Waals surface area contributed by atoms with E-state index in [0.29, 0.717) is 0 Å². The molecule has 1 aliphatic rings. The van der Waals surface area contributed by atoms with Crippen LogP contribution in [0.25, 0.3) is 0 Å². The molecule has 8 heteroatoms. The van der Waals surface area contributed by atoms with Gasteiger partial charge in [-0.25, -0.2) is 0 Å². The van der Waals surface area contributed by atoms with Crippen LogP contribution in [0.15, 0.2) is 0 Å². The van der Waals surface area contributed by atoms with Gasteiger partial charge in [0, 0.05) is 20.2 Å². The fourth-order valence-corrected chi connectivity index (χ4v) is 40.6. The second kappa shape index (κ2) is 10.3. The summed E-state index contributed by atoms with van der Waals surface area (Å²) in [6.45, 7) is 46.6. The fourth-order valence-electron chi connectivity index (χ4n) is 6.73. The molecule has 0 bridgehead atoms. The molecule has 36 heavy (non-hydrogen) atoms. The molecule has 0 amide bonds. The van der Waals surface area contributed by atoms with E-state index in [-0.39, 0.29) is 42.3 Å². The van der Waals surface area contributed by atoms with Crippen molar-refractivity contribution in [1.29, 1.82) is 0 Å². The van der Waals surface area contributed by atoms with Crippen molar-refractivity contribution in [1.82, 2.24) is 0 Å². The Morgan fingerprint density at radius 2 is 0.472 bits per heavy atom. The van der Waals surface area contributed by atoms with E-state index < -0.39 is 34.2 Å². The molecule has 0 radical (unpaired) electrons. The molecule has 0 aromatic rings. The molecule has 0 N–H and O–H groups in total. The average molecular weight is 577 g/mol. The predicted molar refractivity (Wildman–Crippen MR) is 167 cm³/mol. The first kappa shape index (κ1) is 34.7. The summed E-state index contributed by atoms with van der Waals surface area (Å²) in [6, 6.07) is 0. The van der Waals surface area contributed by atoms with E-state index in [1.54, 1.807) is 0 Å². The molecule has 216 valence electrons. The minimum atomic E-state index is -2.98. The molecule has 0 atom stereocenters. The zero-order valence-corrected chi connectivity index (χ0v) is 31.9. The van der Waals surface area contributed by atoms with Crippen molar-refractivity contribution >= 4 is 34.2 Å². The van der Waals surface area contributed by atoms with Gasteiger partial charge in [-0.3, -0.25) is 0 Å². The molecule has 0 aromatic carbocycles. The highest BCUT2D eigenvalue weighted by Crippen LogP contribution is 2.64. The molecule has 0 aliphatic carbocycles. The van der Waals surface area contributed by atoms with Crippen molar-refractivity contribution in [2.75, 3.05) is 0 Å². The van der Waals surface area contributed by atoms with Crippen molar-refractivity contribution in [3.63, 3.8) is 0 Å². The average Bonchev–Trinajstić information content (AvgIpc) is 2.56. The van der Waals surface area contributed by atoms with Crippen molar-refractivity contribution in [2.45, 2.75) is 181 Å². The number of hydrogen-bond acceptors (Lipinski definition) is 4. The van der Waals surface area contributed by atoms with Crippen LogP contribution in [0.1, 0.15) is 138 Å². The Labute approximate surface area is 231 Å². The Balaban J connectivity index is 4.46. The van der Waals surface area contributed by atoms with Crippen molar-refractivity contribution in [3.05, 3.63) is 0 Å². The maximum atomic E-state index is 7.94. The molecule has 1 saturated heterocycles. The van der Waals surface area contributed by atoms with E-state index in [1.165, 1.54) is 0 Å². The smallest absolute Gasteiger partial charge is 0.331 e. The first-order valence-corrected chi connectivity index (χ1v) is 22.0. The maximum Gasteiger partial charge on any atom is 0.331 e. The molecule has 4 nitrogen and oxygen atoms in total. The quantitative estimate of drug-likeness (QED) is 0.312. The molecular formula is C28H64O4Si4. The van der Waals surface area contributed by atoms with Crippen molar-refractivity contribution in [2.24, 2.45) is 0 Å². The minimum Gasteiger partial charge on any atom is -0.414 e. The number of rotatable bonds is 4. The van der Waals surface area contributed by atoms with E-state index in [9.17, 15) is 0 Å². The van der Waals surface area contributed by atoms with Crippen molar-refractivity contribution < 1.29 is 16.5 Å². The Morgan fingerprint density at radius 1 is 0.333 bits per heavy atom. The summed E-state index contributed by atoms with van der Waals surface area (Å²) in [5.41, 5.74) is 1.07. The highest BCUT2D eigenvalue weighted by atomic mass is 28.5. The molecular weight excluding hydrogens is 513 g/mol. The topological polar surface area (TPSA) is 36.9 Å². The third-order valence-electron chi connectivity index (χ3n) is 8.38. The highest BCUT2D eigenvalue weighted by Gasteiger charge is 2.74. The SMILES string of the molecule is CC(C)[Si]1(C(C)C)O[Si](C(C)(C)C)(C(C)(C)C)O[Si](C(C)C)(C(C)C)O[Si](C(C)(C)C)(C(C)(C)C)O1. The lowest BCUT2D eigenvalue weighted by atomic mass is 10.2. The zero-order chi connectivity index (χ0) is 29.1. The molecule has 0 aromatic heterocycles. The maximum absolute atomic E-state index is 7.94. The molecule has 1 fully saturated rings. The van der Waals surface area contributed by atoms with Gasteiger partial charge in [0.1, 0.15) is 0 Å². The molecule has 0 spiro atoms. The van der Waals surface area contributed by atoms with Crippen LogP contribution in [0.2, 0.25) is 42.3 Å². The summed E-state index contributed by atoms with van der Waals surface area (Å²) < 4.78 is 31.8. The molecule has 1 rings (SSSR count).